The number of benzene rings is 2. The van der Waals surface area contributed by atoms with Crippen LogP contribution in [0.3, 0.4) is 0 Å². The summed E-state index contributed by atoms with van der Waals surface area (Å²) < 4.78 is 41.1. The van der Waals surface area contributed by atoms with Crippen LogP contribution in [-0.2, 0) is 0 Å². The van der Waals surface area contributed by atoms with Crippen LogP contribution in [0.15, 0.2) is 48.5 Å². The summed E-state index contributed by atoms with van der Waals surface area (Å²) in [6.07, 6.45) is 0. The van der Waals surface area contributed by atoms with Gasteiger partial charge in [0, 0.05) is 0 Å². The molecule has 17 heavy (non-hydrogen) atoms. The molecule has 0 atom stereocenters. The molecule has 2 aromatic rings. The normalized spacial score (nSPS) is 10.6. The molecule has 0 radical (unpaired) electrons. The predicted molar refractivity (Wildman–Crippen MR) is 58.5 cm³/mol. The topological polar surface area (TPSA) is 9.23 Å². The predicted octanol–water partition coefficient (Wildman–Crippen LogP) is 4.09. The molecule has 0 fully saturated rings. The third-order valence-corrected chi connectivity index (χ3v) is 2.24. The fraction of sp³-hybridized carbons (Fsp3) is 0.0769. The van der Waals surface area contributed by atoms with E-state index in [1.165, 1.54) is 24.3 Å². The summed E-state index contributed by atoms with van der Waals surface area (Å²) in [5, 5.41) is 0. The van der Waals surface area contributed by atoms with Gasteiger partial charge in [0.25, 0.3) is 0 Å². The molecule has 0 saturated heterocycles. The fourth-order valence-corrected chi connectivity index (χ4v) is 1.49. The first-order valence-corrected chi connectivity index (χ1v) is 4.96. The lowest BCUT2D eigenvalue weighted by molar-refractivity contribution is -0.0498. The van der Waals surface area contributed by atoms with Crippen LogP contribution in [0.2, 0.25) is 0 Å². The van der Waals surface area contributed by atoms with E-state index in [9.17, 15) is 13.2 Å². The lowest BCUT2D eigenvalue weighted by atomic mass is 10.1. The summed E-state index contributed by atoms with van der Waals surface area (Å²) in [7, 11) is 0. The number of alkyl halides is 2. The maximum Gasteiger partial charge on any atom is 0.387 e. The van der Waals surface area contributed by atoms with Crippen molar-refractivity contribution in [1.82, 2.24) is 0 Å². The van der Waals surface area contributed by atoms with Crippen molar-refractivity contribution in [3.05, 3.63) is 54.3 Å². The van der Waals surface area contributed by atoms with Crippen molar-refractivity contribution in [2.24, 2.45) is 0 Å². The van der Waals surface area contributed by atoms with Gasteiger partial charge in [-0.15, -0.1) is 0 Å². The second kappa shape index (κ2) is 4.91. The lowest BCUT2D eigenvalue weighted by Crippen LogP contribution is -2.01. The average molecular weight is 238 g/mol. The van der Waals surface area contributed by atoms with Gasteiger partial charge in [-0.1, -0.05) is 24.3 Å². The number of ether oxygens (including phenoxy) is 1. The minimum Gasteiger partial charge on any atom is -0.435 e. The summed E-state index contributed by atoms with van der Waals surface area (Å²) in [6, 6.07) is 12.1. The zero-order valence-electron chi connectivity index (χ0n) is 8.74. The molecule has 0 aliphatic carbocycles. The molecule has 4 heteroatoms. The van der Waals surface area contributed by atoms with Crippen molar-refractivity contribution < 1.29 is 17.9 Å². The monoisotopic (exact) mass is 238 g/mol. The van der Waals surface area contributed by atoms with Crippen molar-refractivity contribution >= 4 is 0 Å². The van der Waals surface area contributed by atoms with Gasteiger partial charge in [-0.2, -0.15) is 8.78 Å². The number of hydrogen-bond acceptors (Lipinski definition) is 1. The van der Waals surface area contributed by atoms with Crippen molar-refractivity contribution in [3.8, 4) is 16.9 Å². The molecule has 0 heterocycles. The van der Waals surface area contributed by atoms with Gasteiger partial charge < -0.3 is 4.74 Å². The van der Waals surface area contributed by atoms with Gasteiger partial charge >= 0.3 is 6.61 Å². The molecule has 0 aliphatic heterocycles. The van der Waals surface area contributed by atoms with E-state index in [0.29, 0.717) is 5.56 Å². The molecule has 0 bridgehead atoms. The molecular weight excluding hydrogens is 229 g/mol. The van der Waals surface area contributed by atoms with E-state index < -0.39 is 6.61 Å². The highest BCUT2D eigenvalue weighted by Gasteiger charge is 2.05. The molecular formula is C13H9F3O. The Morgan fingerprint density at radius 3 is 2.24 bits per heavy atom. The molecule has 88 valence electrons. The Labute approximate surface area is 96.5 Å². The maximum atomic E-state index is 12.7. The number of hydrogen-bond donors (Lipinski definition) is 0. The minimum atomic E-state index is -2.85. The molecule has 0 saturated carbocycles. The van der Waals surface area contributed by atoms with E-state index in [1.54, 1.807) is 24.3 Å². The Kier molecular flexibility index (Phi) is 3.32. The Hall–Kier alpha value is -1.97. The molecule has 1 nitrogen and oxygen atoms in total. The summed E-state index contributed by atoms with van der Waals surface area (Å²) in [6.45, 7) is -2.85. The first-order chi connectivity index (χ1) is 8.15. The van der Waals surface area contributed by atoms with Crippen LogP contribution in [0.1, 0.15) is 0 Å². The Morgan fingerprint density at radius 2 is 1.59 bits per heavy atom. The van der Waals surface area contributed by atoms with Gasteiger partial charge in [0.1, 0.15) is 11.6 Å². The van der Waals surface area contributed by atoms with Gasteiger partial charge in [0.2, 0.25) is 0 Å². The molecule has 2 aromatic carbocycles. The number of halogens is 3. The third kappa shape index (κ3) is 3.00. The number of rotatable bonds is 3. The third-order valence-electron chi connectivity index (χ3n) is 2.24. The highest BCUT2D eigenvalue weighted by Crippen LogP contribution is 2.24. The first kappa shape index (κ1) is 11.5. The summed E-state index contributed by atoms with van der Waals surface area (Å²) in [5.74, 6) is -0.254. The molecule has 0 N–H and O–H groups in total. The zero-order chi connectivity index (χ0) is 12.3. The van der Waals surface area contributed by atoms with Crippen LogP contribution in [0, 0.1) is 5.82 Å². The maximum absolute atomic E-state index is 12.7. The van der Waals surface area contributed by atoms with Crippen molar-refractivity contribution in [3.63, 3.8) is 0 Å². The van der Waals surface area contributed by atoms with E-state index >= 15 is 0 Å². The van der Waals surface area contributed by atoms with E-state index in [-0.39, 0.29) is 11.6 Å². The fourth-order valence-electron chi connectivity index (χ4n) is 1.49. The van der Waals surface area contributed by atoms with Crippen LogP contribution < -0.4 is 4.74 Å². The second-order valence-corrected chi connectivity index (χ2v) is 3.41. The first-order valence-electron chi connectivity index (χ1n) is 4.96. The highest BCUT2D eigenvalue weighted by atomic mass is 19.3. The van der Waals surface area contributed by atoms with E-state index in [2.05, 4.69) is 4.74 Å². The largest absolute Gasteiger partial charge is 0.435 e. The molecule has 0 spiro atoms. The van der Waals surface area contributed by atoms with Crippen LogP contribution in [0.25, 0.3) is 11.1 Å². The average Bonchev–Trinajstić information content (AvgIpc) is 2.29. The van der Waals surface area contributed by atoms with Crippen LogP contribution >= 0.6 is 0 Å². The second-order valence-electron chi connectivity index (χ2n) is 3.41. The molecule has 0 aromatic heterocycles. The van der Waals surface area contributed by atoms with Gasteiger partial charge in [-0.25, -0.2) is 4.39 Å². The summed E-state index contributed by atoms with van der Waals surface area (Å²) in [5.41, 5.74) is 1.44. The van der Waals surface area contributed by atoms with Gasteiger partial charge in [0.05, 0.1) is 0 Å². The lowest BCUT2D eigenvalue weighted by Gasteiger charge is -2.06. The molecule has 0 aliphatic rings. The van der Waals surface area contributed by atoms with Crippen LogP contribution in [-0.4, -0.2) is 6.61 Å². The standard InChI is InChI=1S/C13H9F3O/c14-11-6-4-9(5-7-11)10-2-1-3-12(8-10)17-13(15)16/h1-8,13H. The molecule has 0 unspecified atom stereocenters. The Bertz CT molecular complexity index is 494. The smallest absolute Gasteiger partial charge is 0.387 e. The van der Waals surface area contributed by atoms with E-state index in [4.69, 9.17) is 0 Å². The molecule has 0 amide bonds. The van der Waals surface area contributed by atoms with Crippen LogP contribution in [0.4, 0.5) is 13.2 Å². The van der Waals surface area contributed by atoms with E-state index in [1.807, 2.05) is 0 Å². The SMILES string of the molecule is Fc1ccc(-c2cccc(OC(F)F)c2)cc1. The van der Waals surface area contributed by atoms with Gasteiger partial charge in [-0.05, 0) is 35.4 Å². The Morgan fingerprint density at radius 1 is 0.882 bits per heavy atom. The van der Waals surface area contributed by atoms with Crippen molar-refractivity contribution in [2.45, 2.75) is 6.61 Å². The van der Waals surface area contributed by atoms with Crippen molar-refractivity contribution in [1.29, 1.82) is 0 Å². The van der Waals surface area contributed by atoms with Gasteiger partial charge in [-0.3, -0.25) is 0 Å². The summed E-state index contributed by atoms with van der Waals surface area (Å²) in [4.78, 5) is 0. The van der Waals surface area contributed by atoms with Gasteiger partial charge in [0.15, 0.2) is 0 Å². The zero-order valence-corrected chi connectivity index (χ0v) is 8.74. The van der Waals surface area contributed by atoms with E-state index in [0.717, 1.165) is 5.56 Å². The van der Waals surface area contributed by atoms with Crippen LogP contribution in [0.5, 0.6) is 5.75 Å². The minimum absolute atomic E-state index is 0.0850. The Balaban J connectivity index is 2.29. The highest BCUT2D eigenvalue weighted by molar-refractivity contribution is 5.64. The molecule has 2 rings (SSSR count). The van der Waals surface area contributed by atoms with Crippen molar-refractivity contribution in [2.75, 3.05) is 0 Å². The summed E-state index contributed by atoms with van der Waals surface area (Å²) >= 11 is 0. The quantitative estimate of drug-likeness (QED) is 0.782.